The third kappa shape index (κ3) is 2.92. The maximum absolute atomic E-state index is 12.1. The quantitative estimate of drug-likeness (QED) is 0.774. The first-order valence-corrected chi connectivity index (χ1v) is 5.94. The van der Waals surface area contributed by atoms with E-state index in [-0.39, 0.29) is 5.78 Å². The second-order valence-corrected chi connectivity index (χ2v) is 4.55. The smallest absolute Gasteiger partial charge is 0.182 e. The predicted octanol–water partition coefficient (Wildman–Crippen LogP) is 2.95. The molecular formula is C14H21NO. The van der Waals surface area contributed by atoms with Gasteiger partial charge in [-0.15, -0.1) is 0 Å². The first-order valence-electron chi connectivity index (χ1n) is 5.94. The van der Waals surface area contributed by atoms with Crippen molar-refractivity contribution in [2.24, 2.45) is 5.73 Å². The Morgan fingerprint density at radius 3 is 2.62 bits per heavy atom. The Kier molecular flexibility index (Phi) is 4.25. The summed E-state index contributed by atoms with van der Waals surface area (Å²) in [4.78, 5) is 12.1. The van der Waals surface area contributed by atoms with Gasteiger partial charge < -0.3 is 5.73 Å². The molecule has 1 unspecified atom stereocenters. The number of benzene rings is 1. The van der Waals surface area contributed by atoms with Crippen molar-refractivity contribution in [3.8, 4) is 0 Å². The van der Waals surface area contributed by atoms with E-state index >= 15 is 0 Å². The molecule has 1 rings (SSSR count). The number of ketones is 1. The first kappa shape index (κ1) is 12.9. The number of hydrogen-bond donors (Lipinski definition) is 1. The van der Waals surface area contributed by atoms with Crippen LogP contribution < -0.4 is 5.73 Å². The van der Waals surface area contributed by atoms with E-state index in [4.69, 9.17) is 5.73 Å². The van der Waals surface area contributed by atoms with Crippen molar-refractivity contribution in [2.75, 3.05) is 0 Å². The minimum absolute atomic E-state index is 0.0351. The highest BCUT2D eigenvalue weighted by Crippen LogP contribution is 2.16. The molecule has 0 bridgehead atoms. The lowest BCUT2D eigenvalue weighted by atomic mass is 9.89. The van der Waals surface area contributed by atoms with Gasteiger partial charge in [0.2, 0.25) is 0 Å². The number of hydrogen-bond acceptors (Lipinski definition) is 2. The van der Waals surface area contributed by atoms with Crippen LogP contribution in [0.4, 0.5) is 0 Å². The largest absolute Gasteiger partial charge is 0.319 e. The molecule has 0 radical (unpaired) electrons. The molecule has 0 amide bonds. The molecule has 0 aliphatic rings. The fraction of sp³-hybridized carbons (Fsp3) is 0.500. The molecule has 0 aromatic heterocycles. The number of carbonyl (C=O) groups is 1. The molecule has 16 heavy (non-hydrogen) atoms. The zero-order valence-electron chi connectivity index (χ0n) is 10.4. The predicted molar refractivity (Wildman–Crippen MR) is 67.7 cm³/mol. The number of rotatable bonds is 5. The number of carbonyl (C=O) groups excluding carboxylic acids is 1. The molecule has 0 saturated carbocycles. The van der Waals surface area contributed by atoms with E-state index in [1.165, 1.54) is 5.56 Å². The summed E-state index contributed by atoms with van der Waals surface area (Å²) < 4.78 is 0. The van der Waals surface area contributed by atoms with Gasteiger partial charge in [0.05, 0.1) is 5.54 Å². The van der Waals surface area contributed by atoms with Crippen LogP contribution in [0.1, 0.15) is 49.5 Å². The minimum atomic E-state index is -0.745. The van der Waals surface area contributed by atoms with Gasteiger partial charge in [-0.3, -0.25) is 4.79 Å². The van der Waals surface area contributed by atoms with E-state index < -0.39 is 5.54 Å². The Hall–Kier alpha value is -1.15. The van der Waals surface area contributed by atoms with Gasteiger partial charge in [0, 0.05) is 5.56 Å². The van der Waals surface area contributed by atoms with E-state index in [2.05, 4.69) is 13.0 Å². The Bertz CT molecular complexity index is 369. The van der Waals surface area contributed by atoms with Crippen LogP contribution in [0.2, 0.25) is 0 Å². The minimum Gasteiger partial charge on any atom is -0.319 e. The van der Waals surface area contributed by atoms with E-state index in [0.29, 0.717) is 6.42 Å². The maximum Gasteiger partial charge on any atom is 0.182 e. The van der Waals surface area contributed by atoms with Crippen molar-refractivity contribution in [1.29, 1.82) is 0 Å². The zero-order valence-corrected chi connectivity index (χ0v) is 10.4. The summed E-state index contributed by atoms with van der Waals surface area (Å²) in [5.74, 6) is 0.0351. The fourth-order valence-corrected chi connectivity index (χ4v) is 1.65. The summed E-state index contributed by atoms with van der Waals surface area (Å²) >= 11 is 0. The van der Waals surface area contributed by atoms with Crippen molar-refractivity contribution in [2.45, 2.75) is 45.6 Å². The standard InChI is InChI=1S/C14H21NO/c1-4-7-11-8-6-9-12(10-11)13(16)14(3,15)5-2/h6,8-10H,4-5,7,15H2,1-3H3. The Morgan fingerprint density at radius 1 is 1.38 bits per heavy atom. The van der Waals surface area contributed by atoms with E-state index in [0.717, 1.165) is 18.4 Å². The third-order valence-electron chi connectivity index (χ3n) is 2.98. The molecule has 1 aromatic rings. The van der Waals surface area contributed by atoms with Gasteiger partial charge in [-0.1, -0.05) is 38.5 Å². The second-order valence-electron chi connectivity index (χ2n) is 4.55. The Labute approximate surface area is 97.9 Å². The molecular weight excluding hydrogens is 198 g/mol. The molecule has 2 nitrogen and oxygen atoms in total. The molecule has 2 heteroatoms. The molecule has 0 saturated heterocycles. The summed E-state index contributed by atoms with van der Waals surface area (Å²) in [7, 11) is 0. The van der Waals surface area contributed by atoms with Crippen LogP contribution in [0.3, 0.4) is 0 Å². The van der Waals surface area contributed by atoms with Crippen LogP contribution in [0.5, 0.6) is 0 Å². The Balaban J connectivity index is 2.96. The monoisotopic (exact) mass is 219 g/mol. The summed E-state index contributed by atoms with van der Waals surface area (Å²) in [6.45, 7) is 5.86. The lowest BCUT2D eigenvalue weighted by Gasteiger charge is -2.21. The number of Topliss-reactive ketones (excluding diaryl/α,β-unsaturated/α-hetero) is 1. The summed E-state index contributed by atoms with van der Waals surface area (Å²) in [5.41, 5.74) is 7.16. The van der Waals surface area contributed by atoms with Gasteiger partial charge in [-0.05, 0) is 31.4 Å². The lowest BCUT2D eigenvalue weighted by Crippen LogP contribution is -2.44. The molecule has 0 aliphatic carbocycles. The van der Waals surface area contributed by atoms with Crippen molar-refractivity contribution >= 4 is 5.78 Å². The molecule has 1 aromatic carbocycles. The topological polar surface area (TPSA) is 43.1 Å². The fourth-order valence-electron chi connectivity index (χ4n) is 1.65. The summed E-state index contributed by atoms with van der Waals surface area (Å²) in [6, 6.07) is 7.80. The average Bonchev–Trinajstić information content (AvgIpc) is 2.29. The third-order valence-corrected chi connectivity index (χ3v) is 2.98. The van der Waals surface area contributed by atoms with Gasteiger partial charge in [-0.25, -0.2) is 0 Å². The average molecular weight is 219 g/mol. The highest BCUT2D eigenvalue weighted by Gasteiger charge is 2.26. The molecule has 88 valence electrons. The molecule has 1 atom stereocenters. The Morgan fingerprint density at radius 2 is 2.06 bits per heavy atom. The first-order chi connectivity index (χ1) is 7.51. The van der Waals surface area contributed by atoms with Gasteiger partial charge >= 0.3 is 0 Å². The highest BCUT2D eigenvalue weighted by atomic mass is 16.1. The van der Waals surface area contributed by atoms with Crippen LogP contribution in [0.15, 0.2) is 24.3 Å². The lowest BCUT2D eigenvalue weighted by molar-refractivity contribution is 0.0897. The van der Waals surface area contributed by atoms with Gasteiger partial charge in [0.1, 0.15) is 0 Å². The van der Waals surface area contributed by atoms with E-state index in [9.17, 15) is 4.79 Å². The summed E-state index contributed by atoms with van der Waals surface area (Å²) in [6.07, 6.45) is 2.75. The number of nitrogens with two attached hydrogens (primary N) is 1. The SMILES string of the molecule is CCCc1cccc(C(=O)C(C)(N)CC)c1. The number of aryl methyl sites for hydroxylation is 1. The van der Waals surface area contributed by atoms with Gasteiger partial charge in [0.15, 0.2) is 5.78 Å². The highest BCUT2D eigenvalue weighted by molar-refractivity contribution is 6.02. The zero-order chi connectivity index (χ0) is 12.2. The molecule has 0 heterocycles. The maximum atomic E-state index is 12.1. The van der Waals surface area contributed by atoms with Crippen molar-refractivity contribution in [1.82, 2.24) is 0 Å². The van der Waals surface area contributed by atoms with Crippen LogP contribution in [0, 0.1) is 0 Å². The van der Waals surface area contributed by atoms with Crippen molar-refractivity contribution in [3.05, 3.63) is 35.4 Å². The molecule has 2 N–H and O–H groups in total. The van der Waals surface area contributed by atoms with E-state index in [1.54, 1.807) is 6.92 Å². The molecule has 0 fully saturated rings. The summed E-state index contributed by atoms with van der Waals surface area (Å²) in [5, 5.41) is 0. The van der Waals surface area contributed by atoms with Gasteiger partial charge in [0.25, 0.3) is 0 Å². The van der Waals surface area contributed by atoms with Crippen LogP contribution in [-0.2, 0) is 6.42 Å². The normalized spacial score (nSPS) is 14.5. The molecule has 0 aliphatic heterocycles. The van der Waals surface area contributed by atoms with Crippen molar-refractivity contribution in [3.63, 3.8) is 0 Å². The van der Waals surface area contributed by atoms with Crippen LogP contribution in [0.25, 0.3) is 0 Å². The van der Waals surface area contributed by atoms with Crippen LogP contribution in [-0.4, -0.2) is 11.3 Å². The van der Waals surface area contributed by atoms with Gasteiger partial charge in [-0.2, -0.15) is 0 Å². The molecule has 0 spiro atoms. The second kappa shape index (κ2) is 5.26. The van der Waals surface area contributed by atoms with E-state index in [1.807, 2.05) is 25.1 Å². The van der Waals surface area contributed by atoms with Crippen LogP contribution >= 0.6 is 0 Å². The van der Waals surface area contributed by atoms with Crippen molar-refractivity contribution < 1.29 is 4.79 Å².